The number of carbonyl (C=O) groups is 1. The van der Waals surface area contributed by atoms with Crippen molar-refractivity contribution in [3.05, 3.63) is 72.2 Å². The molecule has 0 saturated carbocycles. The second-order valence-corrected chi connectivity index (χ2v) is 5.90. The highest BCUT2D eigenvalue weighted by Gasteiger charge is 2.18. The van der Waals surface area contributed by atoms with Crippen molar-refractivity contribution in [1.82, 2.24) is 9.78 Å². The third-order valence-electron chi connectivity index (χ3n) is 3.97. The fourth-order valence-corrected chi connectivity index (χ4v) is 2.48. The van der Waals surface area contributed by atoms with Crippen molar-refractivity contribution in [2.45, 2.75) is 19.6 Å². The van der Waals surface area contributed by atoms with E-state index < -0.39 is 17.8 Å². The molecule has 1 heterocycles. The smallest absolute Gasteiger partial charge is 0.266 e. The number of methoxy groups -OCH3 is 1. The first-order chi connectivity index (χ1) is 13.1. The maximum absolute atomic E-state index is 13.7. The monoisotopic (exact) mass is 369 g/mol. The van der Waals surface area contributed by atoms with Crippen LogP contribution in [-0.4, -0.2) is 28.9 Å². The minimum absolute atomic E-state index is 0.0342. The molecule has 1 atom stereocenters. The van der Waals surface area contributed by atoms with E-state index in [0.717, 1.165) is 11.3 Å². The van der Waals surface area contributed by atoms with E-state index in [4.69, 9.17) is 9.47 Å². The number of hydrogen-bond donors (Lipinski definition) is 1. The predicted octanol–water partition coefficient (Wildman–Crippen LogP) is 3.49. The van der Waals surface area contributed by atoms with Gasteiger partial charge in [-0.25, -0.2) is 9.07 Å². The number of halogens is 1. The highest BCUT2D eigenvalue weighted by Crippen LogP contribution is 2.18. The second kappa shape index (κ2) is 8.35. The molecule has 2 aromatic carbocycles. The number of rotatable bonds is 7. The lowest BCUT2D eigenvalue weighted by molar-refractivity contribution is -0.122. The van der Waals surface area contributed by atoms with Crippen LogP contribution in [0.15, 0.2) is 60.8 Å². The highest BCUT2D eigenvalue weighted by molar-refractivity contribution is 5.93. The highest BCUT2D eigenvalue weighted by atomic mass is 19.1. The average molecular weight is 369 g/mol. The summed E-state index contributed by atoms with van der Waals surface area (Å²) in [5, 5.41) is 7.00. The Morgan fingerprint density at radius 1 is 1.19 bits per heavy atom. The van der Waals surface area contributed by atoms with Crippen molar-refractivity contribution in [3.8, 4) is 11.5 Å². The van der Waals surface area contributed by atoms with Crippen molar-refractivity contribution in [1.29, 1.82) is 0 Å². The van der Waals surface area contributed by atoms with Gasteiger partial charge in [-0.1, -0.05) is 24.3 Å². The van der Waals surface area contributed by atoms with Crippen molar-refractivity contribution in [2.24, 2.45) is 0 Å². The molecule has 27 heavy (non-hydrogen) atoms. The first-order valence-corrected chi connectivity index (χ1v) is 8.43. The molecule has 0 aliphatic carbocycles. The minimum atomic E-state index is -0.869. The van der Waals surface area contributed by atoms with Crippen LogP contribution in [0.4, 0.5) is 10.2 Å². The first-order valence-electron chi connectivity index (χ1n) is 8.43. The molecule has 0 aliphatic heterocycles. The zero-order chi connectivity index (χ0) is 19.2. The van der Waals surface area contributed by atoms with E-state index in [9.17, 15) is 9.18 Å². The van der Waals surface area contributed by atoms with Gasteiger partial charge >= 0.3 is 0 Å². The van der Waals surface area contributed by atoms with Crippen LogP contribution in [0.25, 0.3) is 0 Å². The summed E-state index contributed by atoms with van der Waals surface area (Å²) < 4.78 is 25.9. The number of aromatic nitrogens is 2. The van der Waals surface area contributed by atoms with Crippen molar-refractivity contribution in [3.63, 3.8) is 0 Å². The van der Waals surface area contributed by atoms with Crippen LogP contribution in [-0.2, 0) is 11.3 Å². The number of nitrogens with zero attached hydrogens (tertiary/aromatic N) is 2. The fourth-order valence-electron chi connectivity index (χ4n) is 2.48. The van der Waals surface area contributed by atoms with Crippen molar-refractivity contribution in [2.75, 3.05) is 12.4 Å². The largest absolute Gasteiger partial charge is 0.497 e. The Morgan fingerprint density at radius 2 is 1.93 bits per heavy atom. The van der Waals surface area contributed by atoms with E-state index in [2.05, 4.69) is 10.4 Å². The number of benzene rings is 2. The number of para-hydroxylation sites is 1. The minimum Gasteiger partial charge on any atom is -0.497 e. The van der Waals surface area contributed by atoms with E-state index in [1.54, 1.807) is 43.1 Å². The Balaban J connectivity index is 1.64. The van der Waals surface area contributed by atoms with Gasteiger partial charge in [0, 0.05) is 6.07 Å². The lowest BCUT2D eigenvalue weighted by Crippen LogP contribution is -2.31. The Morgan fingerprint density at radius 3 is 2.63 bits per heavy atom. The Labute approximate surface area is 156 Å². The van der Waals surface area contributed by atoms with Crippen LogP contribution < -0.4 is 14.8 Å². The van der Waals surface area contributed by atoms with Crippen LogP contribution in [0.1, 0.15) is 12.5 Å². The molecule has 0 radical (unpaired) electrons. The summed E-state index contributed by atoms with van der Waals surface area (Å²) in [4.78, 5) is 12.4. The molecule has 0 unspecified atom stereocenters. The van der Waals surface area contributed by atoms with E-state index in [1.807, 2.05) is 24.3 Å². The number of amides is 1. The van der Waals surface area contributed by atoms with Gasteiger partial charge < -0.3 is 14.8 Å². The number of hydrogen-bond acceptors (Lipinski definition) is 4. The summed E-state index contributed by atoms with van der Waals surface area (Å²) >= 11 is 0. The Bertz CT molecular complexity index is 909. The molecule has 3 rings (SSSR count). The second-order valence-electron chi connectivity index (χ2n) is 5.90. The predicted molar refractivity (Wildman–Crippen MR) is 99.4 cm³/mol. The Kier molecular flexibility index (Phi) is 5.71. The zero-order valence-corrected chi connectivity index (χ0v) is 15.1. The molecule has 1 aromatic heterocycles. The number of anilines is 1. The van der Waals surface area contributed by atoms with E-state index in [0.29, 0.717) is 12.4 Å². The standard InChI is InChI=1S/C20H20FN3O3/c1-14(27-18-6-4-3-5-17(18)21)20(25)23-19-11-12-22-24(19)13-15-7-9-16(26-2)10-8-15/h3-12,14H,13H2,1-2H3,(H,23,25)/t14-/m0/s1. The number of nitrogens with one attached hydrogen (secondary N) is 1. The van der Waals surface area contributed by atoms with Gasteiger partial charge in [0.25, 0.3) is 5.91 Å². The quantitative estimate of drug-likeness (QED) is 0.692. The van der Waals surface area contributed by atoms with Crippen molar-refractivity contribution >= 4 is 11.7 Å². The summed E-state index contributed by atoms with van der Waals surface area (Å²) in [6, 6.07) is 15.2. The van der Waals surface area contributed by atoms with Gasteiger partial charge in [-0.05, 0) is 36.8 Å². The third-order valence-corrected chi connectivity index (χ3v) is 3.97. The zero-order valence-electron chi connectivity index (χ0n) is 15.1. The van der Waals surface area contributed by atoms with Gasteiger partial charge in [0.1, 0.15) is 11.6 Å². The van der Waals surface area contributed by atoms with Crippen LogP contribution >= 0.6 is 0 Å². The Hall–Kier alpha value is -3.35. The molecule has 1 amide bonds. The van der Waals surface area contributed by atoms with Gasteiger partial charge in [0.2, 0.25) is 0 Å². The van der Waals surface area contributed by atoms with E-state index >= 15 is 0 Å². The molecular formula is C20H20FN3O3. The molecule has 7 heteroatoms. The van der Waals surface area contributed by atoms with Gasteiger partial charge in [-0.2, -0.15) is 5.10 Å². The molecule has 0 fully saturated rings. The molecule has 0 spiro atoms. The normalized spacial score (nSPS) is 11.7. The maximum Gasteiger partial charge on any atom is 0.266 e. The van der Waals surface area contributed by atoms with Crippen molar-refractivity contribution < 1.29 is 18.7 Å². The van der Waals surface area contributed by atoms with Gasteiger partial charge in [0.15, 0.2) is 17.7 Å². The lowest BCUT2D eigenvalue weighted by Gasteiger charge is -2.16. The number of ether oxygens (including phenoxy) is 2. The molecule has 0 saturated heterocycles. The summed E-state index contributed by atoms with van der Waals surface area (Å²) in [5.41, 5.74) is 1.01. The summed E-state index contributed by atoms with van der Waals surface area (Å²) in [7, 11) is 1.61. The molecule has 0 bridgehead atoms. The number of carbonyl (C=O) groups excluding carboxylic acids is 1. The van der Waals surface area contributed by atoms with Gasteiger partial charge in [-0.3, -0.25) is 4.79 Å². The van der Waals surface area contributed by atoms with Gasteiger partial charge in [-0.15, -0.1) is 0 Å². The van der Waals surface area contributed by atoms with Gasteiger partial charge in [0.05, 0.1) is 19.9 Å². The van der Waals surface area contributed by atoms with Crippen LogP contribution in [0, 0.1) is 5.82 Å². The third kappa shape index (κ3) is 4.63. The first kappa shape index (κ1) is 18.4. The van der Waals surface area contributed by atoms with Crippen LogP contribution in [0.3, 0.4) is 0 Å². The topological polar surface area (TPSA) is 65.4 Å². The average Bonchev–Trinajstić information content (AvgIpc) is 3.10. The van der Waals surface area contributed by atoms with Crippen LogP contribution in [0.5, 0.6) is 11.5 Å². The molecule has 0 aliphatic rings. The molecule has 140 valence electrons. The molecular weight excluding hydrogens is 349 g/mol. The maximum atomic E-state index is 13.7. The molecule has 6 nitrogen and oxygen atoms in total. The molecule has 1 N–H and O–H groups in total. The summed E-state index contributed by atoms with van der Waals surface area (Å²) in [6.45, 7) is 2.04. The summed E-state index contributed by atoms with van der Waals surface area (Å²) in [5.74, 6) is 0.426. The summed E-state index contributed by atoms with van der Waals surface area (Å²) in [6.07, 6.45) is 0.730. The molecule has 3 aromatic rings. The lowest BCUT2D eigenvalue weighted by atomic mass is 10.2. The van der Waals surface area contributed by atoms with E-state index in [1.165, 1.54) is 12.1 Å². The van der Waals surface area contributed by atoms with Crippen LogP contribution in [0.2, 0.25) is 0 Å². The SMILES string of the molecule is COc1ccc(Cn2nccc2NC(=O)[C@H](C)Oc2ccccc2F)cc1. The fraction of sp³-hybridized carbons (Fsp3) is 0.200. The van der Waals surface area contributed by atoms with E-state index in [-0.39, 0.29) is 5.75 Å².